The number of aryl methyl sites for hydroxylation is 2. The van der Waals surface area contributed by atoms with E-state index in [0.29, 0.717) is 11.9 Å². The van der Waals surface area contributed by atoms with E-state index in [9.17, 15) is 14.7 Å². The van der Waals surface area contributed by atoms with Crippen LogP contribution in [0.4, 0.5) is 0 Å². The van der Waals surface area contributed by atoms with Crippen LogP contribution in [0, 0.1) is 6.92 Å². The summed E-state index contributed by atoms with van der Waals surface area (Å²) >= 11 is 0. The first-order valence-electron chi connectivity index (χ1n) is 8.83. The molecule has 132 valence electrons. The molecule has 0 amide bonds. The summed E-state index contributed by atoms with van der Waals surface area (Å²) in [6, 6.07) is 6.65. The fourth-order valence-electron chi connectivity index (χ4n) is 3.28. The number of unbranched alkanes of at least 4 members (excludes halogenated alkanes) is 4. The molecule has 25 heavy (non-hydrogen) atoms. The van der Waals surface area contributed by atoms with E-state index in [0.717, 1.165) is 36.4 Å². The van der Waals surface area contributed by atoms with Crippen LogP contribution in [-0.4, -0.2) is 9.67 Å². The van der Waals surface area contributed by atoms with Gasteiger partial charge in [-0.1, -0.05) is 44.2 Å². The first-order valence-corrected chi connectivity index (χ1v) is 8.83. The highest BCUT2D eigenvalue weighted by Gasteiger charge is 2.17. The highest BCUT2D eigenvalue weighted by Crippen LogP contribution is 2.27. The molecule has 2 aromatic heterocycles. The van der Waals surface area contributed by atoms with E-state index in [1.165, 1.54) is 12.8 Å². The molecule has 0 radical (unpaired) electrons. The lowest BCUT2D eigenvalue weighted by Gasteiger charge is -2.13. The van der Waals surface area contributed by atoms with E-state index in [1.54, 1.807) is 4.57 Å². The summed E-state index contributed by atoms with van der Waals surface area (Å²) in [5.74, 6) is -0.320. The first kappa shape index (κ1) is 17.3. The molecule has 0 aliphatic carbocycles. The number of benzene rings is 1. The molecule has 0 unspecified atom stereocenters. The van der Waals surface area contributed by atoms with E-state index in [-0.39, 0.29) is 22.3 Å². The van der Waals surface area contributed by atoms with E-state index < -0.39 is 5.63 Å². The Balaban J connectivity index is 2.19. The smallest absolute Gasteiger partial charge is 0.339 e. The minimum atomic E-state index is -0.662. The average molecular weight is 341 g/mol. The molecule has 5 heteroatoms. The molecule has 0 aliphatic rings. The molecule has 2 heterocycles. The van der Waals surface area contributed by atoms with Gasteiger partial charge in [0, 0.05) is 11.9 Å². The maximum absolute atomic E-state index is 12.9. The zero-order valence-electron chi connectivity index (χ0n) is 14.7. The summed E-state index contributed by atoms with van der Waals surface area (Å²) in [6.45, 7) is 4.68. The minimum Gasteiger partial charge on any atom is -0.507 e. The van der Waals surface area contributed by atoms with Crippen molar-refractivity contribution in [3.05, 3.63) is 50.6 Å². The zero-order valence-corrected chi connectivity index (χ0v) is 14.7. The van der Waals surface area contributed by atoms with Crippen molar-refractivity contribution in [2.75, 3.05) is 0 Å². The Bertz CT molecular complexity index is 1030. The van der Waals surface area contributed by atoms with Gasteiger partial charge in [0.25, 0.3) is 5.56 Å². The molecule has 0 saturated carbocycles. The van der Waals surface area contributed by atoms with E-state index in [4.69, 9.17) is 4.42 Å². The largest absolute Gasteiger partial charge is 0.507 e. The molecule has 5 nitrogen and oxygen atoms in total. The monoisotopic (exact) mass is 341 g/mol. The van der Waals surface area contributed by atoms with Crippen LogP contribution in [0.15, 0.2) is 38.3 Å². The Kier molecular flexibility index (Phi) is 4.93. The van der Waals surface area contributed by atoms with Gasteiger partial charge < -0.3 is 14.1 Å². The number of hydrogen-bond acceptors (Lipinski definition) is 4. The van der Waals surface area contributed by atoms with Gasteiger partial charge >= 0.3 is 5.63 Å². The van der Waals surface area contributed by atoms with Crippen molar-refractivity contribution < 1.29 is 9.52 Å². The van der Waals surface area contributed by atoms with Gasteiger partial charge in [0.1, 0.15) is 11.1 Å². The van der Waals surface area contributed by atoms with Crippen molar-refractivity contribution in [1.82, 2.24) is 4.57 Å². The number of aromatic hydroxyl groups is 1. The number of nitrogens with zero attached hydrogens (tertiary/aromatic N) is 1. The van der Waals surface area contributed by atoms with Crippen molar-refractivity contribution in [2.24, 2.45) is 0 Å². The Morgan fingerprint density at radius 1 is 1.08 bits per heavy atom. The van der Waals surface area contributed by atoms with Crippen LogP contribution < -0.4 is 11.2 Å². The SMILES string of the molecule is CCCCCCCn1c(=O)c2c(O)cc(=O)oc2c2cc(C)ccc21. The third-order valence-corrected chi connectivity index (χ3v) is 4.57. The third-order valence-electron chi connectivity index (χ3n) is 4.57. The predicted octanol–water partition coefficient (Wildman–Crippen LogP) is 4.09. The van der Waals surface area contributed by atoms with Crippen LogP contribution >= 0.6 is 0 Å². The second-order valence-corrected chi connectivity index (χ2v) is 6.55. The topological polar surface area (TPSA) is 72.4 Å². The Morgan fingerprint density at radius 3 is 2.60 bits per heavy atom. The molecule has 1 N–H and O–H groups in total. The molecule has 0 saturated heterocycles. The van der Waals surface area contributed by atoms with Crippen LogP contribution in [0.3, 0.4) is 0 Å². The lowest BCUT2D eigenvalue weighted by molar-refractivity contribution is 0.466. The lowest BCUT2D eigenvalue weighted by atomic mass is 10.1. The summed E-state index contributed by atoms with van der Waals surface area (Å²) in [5, 5.41) is 10.9. The highest BCUT2D eigenvalue weighted by atomic mass is 16.4. The standard InChI is InChI=1S/C20H23NO4/c1-3-4-5-6-7-10-21-15-9-8-13(2)11-14(15)19-18(20(21)24)16(22)12-17(23)25-19/h8-9,11-12,22H,3-7,10H2,1-2H3. The maximum atomic E-state index is 12.9. The average Bonchev–Trinajstić information content (AvgIpc) is 2.57. The van der Waals surface area contributed by atoms with Crippen molar-refractivity contribution in [1.29, 1.82) is 0 Å². The van der Waals surface area contributed by atoms with Gasteiger partial charge in [0.05, 0.1) is 11.6 Å². The predicted molar refractivity (Wildman–Crippen MR) is 99.4 cm³/mol. The molecule has 3 rings (SSSR count). The van der Waals surface area contributed by atoms with E-state index in [1.807, 2.05) is 25.1 Å². The molecule has 3 aromatic rings. The van der Waals surface area contributed by atoms with E-state index in [2.05, 4.69) is 6.92 Å². The number of rotatable bonds is 6. The van der Waals surface area contributed by atoms with Gasteiger partial charge in [0.2, 0.25) is 0 Å². The molecular weight excluding hydrogens is 318 g/mol. The summed E-state index contributed by atoms with van der Waals surface area (Å²) < 4.78 is 6.96. The van der Waals surface area contributed by atoms with Crippen molar-refractivity contribution in [2.45, 2.75) is 52.5 Å². The maximum Gasteiger partial charge on any atom is 0.339 e. The summed E-state index contributed by atoms with van der Waals surface area (Å²) in [6.07, 6.45) is 5.47. The second kappa shape index (κ2) is 7.13. The number of pyridine rings is 1. The Labute approximate surface area is 145 Å². The lowest BCUT2D eigenvalue weighted by Crippen LogP contribution is -2.22. The van der Waals surface area contributed by atoms with Crippen LogP contribution in [0.1, 0.15) is 44.6 Å². The van der Waals surface area contributed by atoms with Gasteiger partial charge in [-0.2, -0.15) is 0 Å². The van der Waals surface area contributed by atoms with Gasteiger partial charge in [0.15, 0.2) is 5.58 Å². The van der Waals surface area contributed by atoms with Crippen molar-refractivity contribution in [3.63, 3.8) is 0 Å². The third kappa shape index (κ3) is 3.31. The van der Waals surface area contributed by atoms with Crippen LogP contribution in [0.2, 0.25) is 0 Å². The van der Waals surface area contributed by atoms with Crippen LogP contribution in [0.5, 0.6) is 5.75 Å². The fraction of sp³-hybridized carbons (Fsp3) is 0.400. The molecule has 0 fully saturated rings. The van der Waals surface area contributed by atoms with Gasteiger partial charge in [-0.3, -0.25) is 4.79 Å². The quantitative estimate of drug-likeness (QED) is 0.541. The summed E-state index contributed by atoms with van der Waals surface area (Å²) in [5.41, 5.74) is 0.906. The molecular formula is C20H23NO4. The summed E-state index contributed by atoms with van der Waals surface area (Å²) in [4.78, 5) is 24.6. The van der Waals surface area contributed by atoms with Crippen molar-refractivity contribution in [3.8, 4) is 5.75 Å². The van der Waals surface area contributed by atoms with Crippen molar-refractivity contribution >= 4 is 21.9 Å². The Morgan fingerprint density at radius 2 is 1.84 bits per heavy atom. The summed E-state index contributed by atoms with van der Waals surface area (Å²) in [7, 11) is 0. The molecule has 0 aliphatic heterocycles. The number of fused-ring (bicyclic) bond motifs is 3. The molecule has 0 atom stereocenters. The fourth-order valence-corrected chi connectivity index (χ4v) is 3.28. The molecule has 0 bridgehead atoms. The van der Waals surface area contributed by atoms with Gasteiger partial charge in [-0.15, -0.1) is 0 Å². The second-order valence-electron chi connectivity index (χ2n) is 6.55. The normalized spacial score (nSPS) is 11.4. The first-order chi connectivity index (χ1) is 12.0. The number of aromatic nitrogens is 1. The van der Waals surface area contributed by atoms with Crippen LogP contribution in [-0.2, 0) is 6.54 Å². The minimum absolute atomic E-state index is 0.0752. The van der Waals surface area contributed by atoms with E-state index >= 15 is 0 Å². The van der Waals surface area contributed by atoms with Crippen LogP contribution in [0.25, 0.3) is 21.9 Å². The van der Waals surface area contributed by atoms with Gasteiger partial charge in [-0.25, -0.2) is 4.79 Å². The molecule has 1 aromatic carbocycles. The molecule has 0 spiro atoms. The Hall–Kier alpha value is -2.56. The van der Waals surface area contributed by atoms with Gasteiger partial charge in [-0.05, 0) is 25.5 Å². The zero-order chi connectivity index (χ0) is 18.0. The highest BCUT2D eigenvalue weighted by molar-refractivity contribution is 6.04. The number of hydrogen-bond donors (Lipinski definition) is 1.